The molecule has 0 atom stereocenters. The Bertz CT molecular complexity index is 450. The van der Waals surface area contributed by atoms with Crippen LogP contribution in [0.4, 0.5) is 5.95 Å². The topological polar surface area (TPSA) is 90.9 Å². The Kier molecular flexibility index (Phi) is 2.26. The van der Waals surface area contributed by atoms with Crippen LogP contribution in [0.1, 0.15) is 12.8 Å². The van der Waals surface area contributed by atoms with E-state index in [-0.39, 0.29) is 22.4 Å². The number of anilines is 1. The quantitative estimate of drug-likeness (QED) is 0.855. The zero-order valence-electron chi connectivity index (χ0n) is 7.22. The van der Waals surface area contributed by atoms with Crippen molar-refractivity contribution in [2.45, 2.75) is 12.8 Å². The maximum Gasteiger partial charge on any atom is 0.256 e. The molecule has 6 nitrogen and oxygen atoms in total. The average Bonchev–Trinajstić information content (AvgIpc) is 2.76. The molecule has 1 heterocycles. The minimum atomic E-state index is -3.39. The highest BCUT2D eigenvalue weighted by Gasteiger charge is 2.30. The van der Waals surface area contributed by atoms with E-state index in [4.69, 9.17) is 5.73 Å². The van der Waals surface area contributed by atoms with E-state index in [1.54, 1.807) is 0 Å². The summed E-state index contributed by atoms with van der Waals surface area (Å²) in [6.45, 7) is 0. The molecule has 0 saturated heterocycles. The first-order chi connectivity index (χ1) is 6.49. The van der Waals surface area contributed by atoms with Crippen molar-refractivity contribution in [2.75, 3.05) is 11.5 Å². The molecule has 1 aliphatic carbocycles. The van der Waals surface area contributed by atoms with Crippen molar-refractivity contribution in [1.82, 2.24) is 14.2 Å². The zero-order chi connectivity index (χ0) is 10.3. The van der Waals surface area contributed by atoms with E-state index in [2.05, 4.69) is 26.0 Å². The van der Waals surface area contributed by atoms with Crippen molar-refractivity contribution in [1.29, 1.82) is 0 Å². The number of halogens is 1. The first kappa shape index (κ1) is 9.91. The molecule has 8 heteroatoms. The van der Waals surface area contributed by atoms with Gasteiger partial charge in [-0.3, -0.25) is 0 Å². The van der Waals surface area contributed by atoms with Crippen LogP contribution in [0.2, 0.25) is 0 Å². The predicted octanol–water partition coefficient (Wildman–Crippen LogP) is 0.211. The monoisotopic (exact) mass is 280 g/mol. The SMILES string of the molecule is Nc1nc(Br)n(S(=O)(=O)CC2CC2)n1. The molecule has 0 aliphatic heterocycles. The van der Waals surface area contributed by atoms with Gasteiger partial charge >= 0.3 is 0 Å². The fraction of sp³-hybridized carbons (Fsp3) is 0.667. The van der Waals surface area contributed by atoms with E-state index >= 15 is 0 Å². The fourth-order valence-corrected chi connectivity index (χ4v) is 3.60. The van der Waals surface area contributed by atoms with Gasteiger partial charge in [0.2, 0.25) is 10.7 Å². The number of nitrogens with two attached hydrogens (primary N) is 1. The molecule has 0 unspecified atom stereocenters. The van der Waals surface area contributed by atoms with Crippen LogP contribution in [0.3, 0.4) is 0 Å². The molecule has 0 spiro atoms. The van der Waals surface area contributed by atoms with Crippen LogP contribution in [-0.4, -0.2) is 28.3 Å². The third-order valence-electron chi connectivity index (χ3n) is 1.96. The molecule has 2 rings (SSSR count). The number of hydrogen-bond donors (Lipinski definition) is 1. The Morgan fingerprint density at radius 2 is 2.21 bits per heavy atom. The number of rotatable bonds is 3. The third-order valence-corrected chi connectivity index (χ3v) is 4.39. The van der Waals surface area contributed by atoms with Gasteiger partial charge < -0.3 is 5.73 Å². The second kappa shape index (κ2) is 3.20. The summed E-state index contributed by atoms with van der Waals surface area (Å²) in [5, 5.41) is 3.61. The van der Waals surface area contributed by atoms with Crippen LogP contribution in [0, 0.1) is 5.92 Å². The molecule has 1 aromatic rings. The van der Waals surface area contributed by atoms with Crippen LogP contribution in [0.5, 0.6) is 0 Å². The van der Waals surface area contributed by atoms with E-state index in [0.29, 0.717) is 0 Å². The lowest BCUT2D eigenvalue weighted by Gasteiger charge is -2.02. The largest absolute Gasteiger partial charge is 0.366 e. The second-order valence-corrected chi connectivity index (χ2v) is 5.86. The van der Waals surface area contributed by atoms with E-state index in [9.17, 15) is 8.42 Å². The third kappa shape index (κ3) is 1.90. The molecule has 2 N–H and O–H groups in total. The maximum atomic E-state index is 11.7. The van der Waals surface area contributed by atoms with Crippen molar-refractivity contribution in [3.8, 4) is 0 Å². The van der Waals surface area contributed by atoms with E-state index in [1.165, 1.54) is 0 Å². The molecule has 14 heavy (non-hydrogen) atoms. The Balaban J connectivity index is 2.32. The van der Waals surface area contributed by atoms with Gasteiger partial charge in [-0.15, -0.1) is 9.19 Å². The van der Waals surface area contributed by atoms with Crippen molar-refractivity contribution in [3.05, 3.63) is 4.73 Å². The molecule has 1 aromatic heterocycles. The Morgan fingerprint density at radius 1 is 1.57 bits per heavy atom. The summed E-state index contributed by atoms with van der Waals surface area (Å²) >= 11 is 2.99. The average molecular weight is 281 g/mol. The Hall–Kier alpha value is -0.630. The van der Waals surface area contributed by atoms with Gasteiger partial charge in [0.15, 0.2) is 0 Å². The maximum absolute atomic E-state index is 11.7. The van der Waals surface area contributed by atoms with E-state index in [1.807, 2.05) is 0 Å². The molecule has 0 radical (unpaired) electrons. The standard InChI is InChI=1S/C6H9BrN4O2S/c7-5-9-6(8)10-11(5)14(12,13)3-4-1-2-4/h4H,1-3H2,(H2,8,10). The number of aromatic nitrogens is 3. The summed E-state index contributed by atoms with van der Waals surface area (Å²) in [4.78, 5) is 3.67. The van der Waals surface area contributed by atoms with E-state index in [0.717, 1.165) is 16.9 Å². The molecule has 78 valence electrons. The summed E-state index contributed by atoms with van der Waals surface area (Å²) in [5.74, 6) is 0.350. The van der Waals surface area contributed by atoms with Gasteiger partial charge in [0.05, 0.1) is 5.75 Å². The summed E-state index contributed by atoms with van der Waals surface area (Å²) in [5.41, 5.74) is 5.29. The summed E-state index contributed by atoms with van der Waals surface area (Å²) in [6, 6.07) is 0. The summed E-state index contributed by atoms with van der Waals surface area (Å²) in [7, 11) is -3.39. The Labute approximate surface area is 89.7 Å². The molecular formula is C6H9BrN4O2S. The number of nitrogens with zero attached hydrogens (tertiary/aromatic N) is 3. The molecule has 1 aliphatic rings. The first-order valence-corrected chi connectivity index (χ1v) is 6.50. The van der Waals surface area contributed by atoms with Gasteiger partial charge in [0.25, 0.3) is 10.0 Å². The molecule has 0 amide bonds. The molecular weight excluding hydrogens is 272 g/mol. The summed E-state index contributed by atoms with van der Waals surface area (Å²) in [6.07, 6.45) is 1.95. The van der Waals surface area contributed by atoms with Gasteiger partial charge in [-0.25, -0.2) is 8.42 Å². The van der Waals surface area contributed by atoms with Crippen molar-refractivity contribution in [2.24, 2.45) is 5.92 Å². The lowest BCUT2D eigenvalue weighted by atomic mass is 10.5. The van der Waals surface area contributed by atoms with Crippen LogP contribution < -0.4 is 5.73 Å². The normalized spacial score (nSPS) is 17.2. The number of hydrogen-bond acceptors (Lipinski definition) is 5. The predicted molar refractivity (Wildman–Crippen MR) is 54.0 cm³/mol. The van der Waals surface area contributed by atoms with Gasteiger partial charge in [-0.05, 0) is 34.7 Å². The lowest BCUT2D eigenvalue weighted by molar-refractivity contribution is 0.574. The lowest BCUT2D eigenvalue weighted by Crippen LogP contribution is -2.19. The highest BCUT2D eigenvalue weighted by molar-refractivity contribution is 9.10. The second-order valence-electron chi connectivity index (χ2n) is 3.30. The van der Waals surface area contributed by atoms with Crippen molar-refractivity contribution in [3.63, 3.8) is 0 Å². The van der Waals surface area contributed by atoms with E-state index < -0.39 is 10.0 Å². The van der Waals surface area contributed by atoms with Gasteiger partial charge in [0, 0.05) is 0 Å². The zero-order valence-corrected chi connectivity index (χ0v) is 9.62. The smallest absolute Gasteiger partial charge is 0.256 e. The fourth-order valence-electron chi connectivity index (χ4n) is 1.12. The summed E-state index contributed by atoms with van der Waals surface area (Å²) < 4.78 is 24.4. The van der Waals surface area contributed by atoms with Gasteiger partial charge in [-0.1, -0.05) is 0 Å². The van der Waals surface area contributed by atoms with Crippen LogP contribution in [-0.2, 0) is 10.0 Å². The highest BCUT2D eigenvalue weighted by atomic mass is 79.9. The molecule has 1 fully saturated rings. The van der Waals surface area contributed by atoms with Gasteiger partial charge in [-0.2, -0.15) is 4.98 Å². The van der Waals surface area contributed by atoms with Gasteiger partial charge in [0.1, 0.15) is 0 Å². The van der Waals surface area contributed by atoms with Crippen molar-refractivity contribution >= 4 is 31.9 Å². The minimum Gasteiger partial charge on any atom is -0.366 e. The Morgan fingerprint density at radius 3 is 2.64 bits per heavy atom. The van der Waals surface area contributed by atoms with Crippen LogP contribution >= 0.6 is 15.9 Å². The van der Waals surface area contributed by atoms with Crippen molar-refractivity contribution < 1.29 is 8.42 Å². The number of nitrogen functional groups attached to an aromatic ring is 1. The first-order valence-electron chi connectivity index (χ1n) is 4.10. The molecule has 0 bridgehead atoms. The van der Waals surface area contributed by atoms with Crippen LogP contribution in [0.15, 0.2) is 4.73 Å². The minimum absolute atomic E-state index is 0.0451. The molecule has 0 aromatic carbocycles. The highest BCUT2D eigenvalue weighted by Crippen LogP contribution is 2.31. The van der Waals surface area contributed by atoms with Crippen LogP contribution in [0.25, 0.3) is 0 Å². The molecule has 1 saturated carbocycles.